The van der Waals surface area contributed by atoms with Gasteiger partial charge in [-0.3, -0.25) is 4.79 Å². The van der Waals surface area contributed by atoms with Crippen molar-refractivity contribution in [3.8, 4) is 0 Å². The summed E-state index contributed by atoms with van der Waals surface area (Å²) in [5.41, 5.74) is 0. The summed E-state index contributed by atoms with van der Waals surface area (Å²) in [6.07, 6.45) is 0. The van der Waals surface area contributed by atoms with Crippen molar-refractivity contribution < 1.29 is 14.3 Å². The standard InChI is InChI=1S/C11H17NO3/c1-7(11(13)14)6-12-9(3)10-5-4-8(2)15-10/h4-5,7,9,12H,6H2,1-3H3,(H,13,14). The summed E-state index contributed by atoms with van der Waals surface area (Å²) in [5.74, 6) is 0.531. The second-order valence-electron chi connectivity index (χ2n) is 3.82. The molecule has 0 aliphatic heterocycles. The molecule has 1 heterocycles. The molecule has 0 bridgehead atoms. The van der Waals surface area contributed by atoms with Gasteiger partial charge in [0.15, 0.2) is 0 Å². The molecule has 1 rings (SSSR count). The van der Waals surface area contributed by atoms with Crippen molar-refractivity contribution in [2.24, 2.45) is 5.92 Å². The highest BCUT2D eigenvalue weighted by Gasteiger charge is 2.14. The Bertz CT molecular complexity index is 332. The van der Waals surface area contributed by atoms with Crippen LogP contribution in [0.15, 0.2) is 16.5 Å². The highest BCUT2D eigenvalue weighted by atomic mass is 16.4. The van der Waals surface area contributed by atoms with E-state index in [2.05, 4.69) is 5.32 Å². The van der Waals surface area contributed by atoms with Gasteiger partial charge in [-0.2, -0.15) is 0 Å². The predicted octanol–water partition coefficient (Wildman–Crippen LogP) is 1.96. The fourth-order valence-electron chi connectivity index (χ4n) is 1.23. The number of hydrogen-bond donors (Lipinski definition) is 2. The van der Waals surface area contributed by atoms with E-state index >= 15 is 0 Å². The maximum Gasteiger partial charge on any atom is 0.307 e. The number of aliphatic carboxylic acids is 1. The number of rotatable bonds is 5. The minimum atomic E-state index is -0.787. The summed E-state index contributed by atoms with van der Waals surface area (Å²) in [7, 11) is 0. The number of carboxylic acid groups (broad SMARTS) is 1. The van der Waals surface area contributed by atoms with E-state index in [0.717, 1.165) is 11.5 Å². The second-order valence-corrected chi connectivity index (χ2v) is 3.82. The lowest BCUT2D eigenvalue weighted by molar-refractivity contribution is -0.141. The molecule has 0 radical (unpaired) electrons. The average molecular weight is 211 g/mol. The molecule has 2 unspecified atom stereocenters. The molecule has 2 N–H and O–H groups in total. The van der Waals surface area contributed by atoms with Crippen LogP contribution in [0, 0.1) is 12.8 Å². The zero-order valence-corrected chi connectivity index (χ0v) is 9.28. The second kappa shape index (κ2) is 4.98. The van der Waals surface area contributed by atoms with Gasteiger partial charge in [-0.25, -0.2) is 0 Å². The Balaban J connectivity index is 2.43. The number of hydrogen-bond acceptors (Lipinski definition) is 3. The zero-order valence-electron chi connectivity index (χ0n) is 9.28. The molecule has 1 aromatic heterocycles. The number of furan rings is 1. The molecular formula is C11H17NO3. The zero-order chi connectivity index (χ0) is 11.4. The van der Waals surface area contributed by atoms with Gasteiger partial charge in [-0.1, -0.05) is 6.92 Å². The van der Waals surface area contributed by atoms with E-state index in [1.807, 2.05) is 26.0 Å². The molecule has 0 saturated heterocycles. The highest BCUT2D eigenvalue weighted by molar-refractivity contribution is 5.69. The lowest BCUT2D eigenvalue weighted by atomic mass is 10.1. The van der Waals surface area contributed by atoms with E-state index in [4.69, 9.17) is 9.52 Å². The van der Waals surface area contributed by atoms with Crippen molar-refractivity contribution in [2.45, 2.75) is 26.8 Å². The van der Waals surface area contributed by atoms with Crippen molar-refractivity contribution in [1.82, 2.24) is 5.32 Å². The van der Waals surface area contributed by atoms with Crippen molar-refractivity contribution in [1.29, 1.82) is 0 Å². The number of aryl methyl sites for hydroxylation is 1. The molecular weight excluding hydrogens is 194 g/mol. The molecule has 0 fully saturated rings. The maximum atomic E-state index is 10.6. The maximum absolute atomic E-state index is 10.6. The first kappa shape index (κ1) is 11.8. The first-order chi connectivity index (χ1) is 7.00. The third kappa shape index (κ3) is 3.40. The average Bonchev–Trinajstić information content (AvgIpc) is 2.60. The number of carbonyl (C=O) groups is 1. The van der Waals surface area contributed by atoms with E-state index in [9.17, 15) is 4.79 Å². The van der Waals surface area contributed by atoms with E-state index in [0.29, 0.717) is 6.54 Å². The normalized spacial score (nSPS) is 14.9. The Morgan fingerprint density at radius 3 is 2.67 bits per heavy atom. The van der Waals surface area contributed by atoms with Crippen LogP contribution < -0.4 is 5.32 Å². The summed E-state index contributed by atoms with van der Waals surface area (Å²) in [6.45, 7) is 5.95. The van der Waals surface area contributed by atoms with Crippen molar-refractivity contribution in [3.63, 3.8) is 0 Å². The SMILES string of the molecule is Cc1ccc(C(C)NCC(C)C(=O)O)o1. The minimum absolute atomic E-state index is 0.0421. The van der Waals surface area contributed by atoms with Gasteiger partial charge in [-0.15, -0.1) is 0 Å². The predicted molar refractivity (Wildman–Crippen MR) is 56.7 cm³/mol. The van der Waals surface area contributed by atoms with E-state index in [1.165, 1.54) is 0 Å². The van der Waals surface area contributed by atoms with Crippen LogP contribution in [-0.4, -0.2) is 17.6 Å². The highest BCUT2D eigenvalue weighted by Crippen LogP contribution is 2.15. The van der Waals surface area contributed by atoms with Crippen LogP contribution in [0.4, 0.5) is 0 Å². The van der Waals surface area contributed by atoms with Gasteiger partial charge in [0.2, 0.25) is 0 Å². The number of carboxylic acids is 1. The Morgan fingerprint density at radius 2 is 2.20 bits per heavy atom. The topological polar surface area (TPSA) is 62.5 Å². The van der Waals surface area contributed by atoms with E-state index < -0.39 is 5.97 Å². The summed E-state index contributed by atoms with van der Waals surface area (Å²) < 4.78 is 5.43. The summed E-state index contributed by atoms with van der Waals surface area (Å²) in [4.78, 5) is 10.6. The fourth-order valence-corrected chi connectivity index (χ4v) is 1.23. The van der Waals surface area contributed by atoms with Gasteiger partial charge in [0.05, 0.1) is 12.0 Å². The molecule has 0 spiro atoms. The molecule has 2 atom stereocenters. The molecule has 4 nitrogen and oxygen atoms in total. The Hall–Kier alpha value is -1.29. The molecule has 4 heteroatoms. The van der Waals surface area contributed by atoms with Crippen LogP contribution in [0.5, 0.6) is 0 Å². The quantitative estimate of drug-likeness (QED) is 0.781. The Morgan fingerprint density at radius 1 is 1.53 bits per heavy atom. The molecule has 0 saturated carbocycles. The minimum Gasteiger partial charge on any atom is -0.481 e. The molecule has 1 aromatic rings. The first-order valence-corrected chi connectivity index (χ1v) is 5.03. The van der Waals surface area contributed by atoms with Crippen LogP contribution in [0.25, 0.3) is 0 Å². The largest absolute Gasteiger partial charge is 0.481 e. The fraction of sp³-hybridized carbons (Fsp3) is 0.545. The van der Waals surface area contributed by atoms with Crippen molar-refractivity contribution in [2.75, 3.05) is 6.54 Å². The van der Waals surface area contributed by atoms with Gasteiger partial charge < -0.3 is 14.8 Å². The third-order valence-electron chi connectivity index (χ3n) is 2.34. The first-order valence-electron chi connectivity index (χ1n) is 5.03. The molecule has 84 valence electrons. The molecule has 0 aliphatic rings. The van der Waals surface area contributed by atoms with Crippen molar-refractivity contribution in [3.05, 3.63) is 23.7 Å². The van der Waals surface area contributed by atoms with Crippen LogP contribution in [0.3, 0.4) is 0 Å². The van der Waals surface area contributed by atoms with Gasteiger partial charge in [0.25, 0.3) is 0 Å². The van der Waals surface area contributed by atoms with Crippen LogP contribution in [-0.2, 0) is 4.79 Å². The lowest BCUT2D eigenvalue weighted by Gasteiger charge is -2.13. The third-order valence-corrected chi connectivity index (χ3v) is 2.34. The van der Waals surface area contributed by atoms with Crippen LogP contribution in [0.2, 0.25) is 0 Å². The van der Waals surface area contributed by atoms with Gasteiger partial charge in [0, 0.05) is 6.54 Å². The van der Waals surface area contributed by atoms with Gasteiger partial charge >= 0.3 is 5.97 Å². The Labute approximate surface area is 89.3 Å². The Kier molecular flexibility index (Phi) is 3.91. The van der Waals surface area contributed by atoms with Gasteiger partial charge in [0.1, 0.15) is 11.5 Å². The van der Waals surface area contributed by atoms with E-state index in [1.54, 1.807) is 6.92 Å². The van der Waals surface area contributed by atoms with Crippen molar-refractivity contribution >= 4 is 5.97 Å². The molecule has 0 amide bonds. The lowest BCUT2D eigenvalue weighted by Crippen LogP contribution is -2.28. The van der Waals surface area contributed by atoms with Crippen LogP contribution in [0.1, 0.15) is 31.4 Å². The molecule has 0 aromatic carbocycles. The van der Waals surface area contributed by atoms with E-state index in [-0.39, 0.29) is 12.0 Å². The summed E-state index contributed by atoms with van der Waals surface area (Å²) in [5, 5.41) is 11.8. The summed E-state index contributed by atoms with van der Waals surface area (Å²) >= 11 is 0. The van der Waals surface area contributed by atoms with Gasteiger partial charge in [-0.05, 0) is 26.0 Å². The molecule has 0 aliphatic carbocycles. The monoisotopic (exact) mass is 211 g/mol. The smallest absolute Gasteiger partial charge is 0.307 e. The summed E-state index contributed by atoms with van der Waals surface area (Å²) in [6, 6.07) is 3.84. The number of nitrogens with one attached hydrogen (secondary N) is 1. The molecule has 15 heavy (non-hydrogen) atoms. The van der Waals surface area contributed by atoms with Crippen LogP contribution >= 0.6 is 0 Å².